The molecule has 0 aliphatic carbocycles. The second-order valence-corrected chi connectivity index (χ2v) is 11.3. The molecule has 0 spiro atoms. The monoisotopic (exact) mass is 574 g/mol. The lowest BCUT2D eigenvalue weighted by molar-refractivity contribution is -0.156. The predicted octanol–water partition coefficient (Wildman–Crippen LogP) is 4.14. The summed E-state index contributed by atoms with van der Waals surface area (Å²) in [5, 5.41) is 14.0. The maximum absolute atomic E-state index is 13.1. The van der Waals surface area contributed by atoms with Crippen LogP contribution in [0, 0.1) is 11.3 Å². The molecule has 0 aromatic heterocycles. The number of carbonyl (C=O) groups is 4. The molecule has 0 saturated heterocycles. The van der Waals surface area contributed by atoms with E-state index in [4.69, 9.17) is 26.5 Å². The number of rotatable bonds is 14. The Hall–Kier alpha value is -3.66. The van der Waals surface area contributed by atoms with E-state index in [9.17, 15) is 19.2 Å². The quantitative estimate of drug-likeness (QED) is 0.0998. The summed E-state index contributed by atoms with van der Waals surface area (Å²) < 4.78 is 10.9. The van der Waals surface area contributed by atoms with E-state index in [0.717, 1.165) is 0 Å². The first-order chi connectivity index (χ1) is 18.7. The van der Waals surface area contributed by atoms with Crippen LogP contribution in [0.3, 0.4) is 0 Å². The van der Waals surface area contributed by atoms with Crippen molar-refractivity contribution in [2.45, 2.75) is 71.9 Å². The molecule has 11 heteroatoms. The molecule has 0 unspecified atom stereocenters. The van der Waals surface area contributed by atoms with Crippen molar-refractivity contribution in [1.82, 2.24) is 15.5 Å². The number of carbonyl (C=O) groups excluding carboxylic acids is 4. The van der Waals surface area contributed by atoms with Crippen LogP contribution in [0.1, 0.15) is 60.3 Å². The number of benzene rings is 1. The molecule has 0 saturated carbocycles. The van der Waals surface area contributed by atoms with Gasteiger partial charge in [0.05, 0.1) is 11.6 Å². The zero-order valence-electron chi connectivity index (χ0n) is 23.7. The van der Waals surface area contributed by atoms with Gasteiger partial charge in [-0.2, -0.15) is 0 Å². The number of ether oxygens (including phenoxy) is 2. The normalized spacial score (nSPS) is 14.2. The van der Waals surface area contributed by atoms with Crippen LogP contribution in [0.25, 0.3) is 0 Å². The van der Waals surface area contributed by atoms with Crippen LogP contribution in [0.2, 0.25) is 5.02 Å². The van der Waals surface area contributed by atoms with Crippen LogP contribution in [-0.2, 0) is 23.9 Å². The molecule has 0 bridgehead atoms. The highest BCUT2D eigenvalue weighted by atomic mass is 35.5. The third-order valence-corrected chi connectivity index (χ3v) is 5.82. The number of hydrogen-bond acceptors (Lipinski definition) is 8. The highest BCUT2D eigenvalue weighted by Gasteiger charge is 2.35. The number of ketones is 1. The van der Waals surface area contributed by atoms with Crippen LogP contribution >= 0.6 is 11.6 Å². The first kappa shape index (κ1) is 32.6. The van der Waals surface area contributed by atoms with Gasteiger partial charge in [0, 0.05) is 25.2 Å². The van der Waals surface area contributed by atoms with E-state index in [2.05, 4.69) is 10.6 Å². The molecule has 40 heavy (non-hydrogen) atoms. The van der Waals surface area contributed by atoms with Gasteiger partial charge in [-0.1, -0.05) is 37.6 Å². The Bertz CT molecular complexity index is 1160. The van der Waals surface area contributed by atoms with E-state index in [1.807, 2.05) is 13.8 Å². The largest absolute Gasteiger partial charge is 0.460 e. The smallest absolute Gasteiger partial charge is 0.313 e. The van der Waals surface area contributed by atoms with Gasteiger partial charge in [0.15, 0.2) is 0 Å². The van der Waals surface area contributed by atoms with Crippen molar-refractivity contribution in [3.8, 4) is 5.75 Å². The molecule has 1 heterocycles. The molecule has 0 radical (unpaired) electrons. The van der Waals surface area contributed by atoms with E-state index < -0.39 is 23.5 Å². The molecule has 1 aromatic carbocycles. The predicted molar refractivity (Wildman–Crippen MR) is 153 cm³/mol. The number of esters is 1. The van der Waals surface area contributed by atoms with Crippen LogP contribution in [0.5, 0.6) is 5.75 Å². The lowest BCUT2D eigenvalue weighted by atomic mass is 10.0. The van der Waals surface area contributed by atoms with Gasteiger partial charge >= 0.3 is 5.97 Å². The van der Waals surface area contributed by atoms with Gasteiger partial charge in [-0.25, -0.2) is 0 Å². The van der Waals surface area contributed by atoms with Crippen molar-refractivity contribution in [3.05, 3.63) is 53.4 Å². The van der Waals surface area contributed by atoms with Crippen molar-refractivity contribution in [2.75, 3.05) is 13.1 Å². The SMILES string of the molecule is CC(C)C[C@@H](C(=O)NC(=N)/C=C\NCCCC(=O)CC(=O)OC(C)(C)C)N1CC(Oc2ccccc2Cl)=CC1=O. The Kier molecular flexibility index (Phi) is 12.4. The molecule has 1 aliphatic rings. The third-order valence-electron chi connectivity index (χ3n) is 5.51. The van der Waals surface area contributed by atoms with Gasteiger partial charge < -0.3 is 25.0 Å². The first-order valence-corrected chi connectivity index (χ1v) is 13.6. The molecular formula is C29H39ClN4O6. The summed E-state index contributed by atoms with van der Waals surface area (Å²) in [5.41, 5.74) is -0.631. The van der Waals surface area contributed by atoms with Crippen molar-refractivity contribution in [3.63, 3.8) is 0 Å². The lowest BCUT2D eigenvalue weighted by Gasteiger charge is -2.28. The first-order valence-electron chi connectivity index (χ1n) is 13.2. The number of amides is 2. The second-order valence-electron chi connectivity index (χ2n) is 10.9. The molecule has 1 atom stereocenters. The summed E-state index contributed by atoms with van der Waals surface area (Å²) in [6, 6.07) is 6.12. The molecule has 1 aliphatic heterocycles. The van der Waals surface area contributed by atoms with Gasteiger partial charge in [0.25, 0.3) is 5.91 Å². The highest BCUT2D eigenvalue weighted by molar-refractivity contribution is 6.32. The summed E-state index contributed by atoms with van der Waals surface area (Å²) in [6.45, 7) is 9.67. The molecule has 218 valence electrons. The minimum Gasteiger partial charge on any atom is -0.460 e. The number of nitrogens with zero attached hydrogens (tertiary/aromatic N) is 1. The van der Waals surface area contributed by atoms with Gasteiger partial charge in [-0.15, -0.1) is 0 Å². The van der Waals surface area contributed by atoms with E-state index in [1.165, 1.54) is 23.3 Å². The molecule has 1 aromatic rings. The molecule has 3 N–H and O–H groups in total. The molecule has 2 rings (SSSR count). The second kappa shape index (κ2) is 15.2. The Morgan fingerprint density at radius 3 is 2.55 bits per heavy atom. The van der Waals surface area contributed by atoms with Crippen LogP contribution in [-0.4, -0.2) is 59.0 Å². The Labute approximate surface area is 240 Å². The topological polar surface area (TPSA) is 138 Å². The van der Waals surface area contributed by atoms with Gasteiger partial charge in [-0.05, 0) is 57.7 Å². The molecular weight excluding hydrogens is 536 g/mol. The third kappa shape index (κ3) is 11.6. The average Bonchev–Trinajstić information content (AvgIpc) is 3.19. The van der Waals surface area contributed by atoms with Gasteiger partial charge in [0.1, 0.15) is 41.2 Å². The van der Waals surface area contributed by atoms with E-state index in [0.29, 0.717) is 35.9 Å². The summed E-state index contributed by atoms with van der Waals surface area (Å²) in [4.78, 5) is 50.9. The fraction of sp³-hybridized carbons (Fsp3) is 0.483. The minimum absolute atomic E-state index is 0.103. The standard InChI is InChI=1S/C29H39ClN4O6/c1-19(2)15-23(34-18-21(17-26(34)36)39-24-11-7-6-10-22(24)30)28(38)33-25(31)12-14-32-13-8-9-20(35)16-27(37)40-29(3,4)5/h6-7,10-12,14,17,19,23,32H,8-9,13,15-16,18H2,1-5H3,(H2,31,33,38)/b14-12-/t23-/m0/s1. The maximum Gasteiger partial charge on any atom is 0.313 e. The van der Waals surface area contributed by atoms with Crippen molar-refractivity contribution < 1.29 is 28.7 Å². The summed E-state index contributed by atoms with van der Waals surface area (Å²) in [5.74, 6) is -0.820. The van der Waals surface area contributed by atoms with Gasteiger partial charge in [-0.3, -0.25) is 24.6 Å². The van der Waals surface area contributed by atoms with Crippen molar-refractivity contribution >= 4 is 41.0 Å². The molecule has 10 nitrogen and oxygen atoms in total. The van der Waals surface area contributed by atoms with E-state index >= 15 is 0 Å². The average molecular weight is 575 g/mol. The number of amidine groups is 1. The van der Waals surface area contributed by atoms with Crippen molar-refractivity contribution in [2.24, 2.45) is 5.92 Å². The lowest BCUT2D eigenvalue weighted by Crippen LogP contribution is -2.49. The van der Waals surface area contributed by atoms with Crippen LogP contribution < -0.4 is 15.4 Å². The number of nitrogens with one attached hydrogen (secondary N) is 3. The maximum atomic E-state index is 13.1. The minimum atomic E-state index is -0.797. The summed E-state index contributed by atoms with van der Waals surface area (Å²) >= 11 is 6.15. The fourth-order valence-electron chi connectivity index (χ4n) is 3.83. The Morgan fingerprint density at radius 1 is 1.20 bits per heavy atom. The zero-order valence-corrected chi connectivity index (χ0v) is 24.5. The Morgan fingerprint density at radius 2 is 1.90 bits per heavy atom. The number of Topliss-reactive ketones (excluding diaryl/α,β-unsaturated/α-hetero) is 1. The van der Waals surface area contributed by atoms with E-state index in [-0.39, 0.29) is 42.8 Å². The van der Waals surface area contributed by atoms with E-state index in [1.54, 1.807) is 45.0 Å². The highest BCUT2D eigenvalue weighted by Crippen LogP contribution is 2.28. The summed E-state index contributed by atoms with van der Waals surface area (Å²) in [7, 11) is 0. The Balaban J connectivity index is 1.81. The number of halogens is 1. The molecule has 2 amide bonds. The molecule has 0 fully saturated rings. The zero-order chi connectivity index (χ0) is 29.9. The van der Waals surface area contributed by atoms with Crippen molar-refractivity contribution in [1.29, 1.82) is 5.41 Å². The summed E-state index contributed by atoms with van der Waals surface area (Å²) in [6.07, 6.45) is 5.06. The fourth-order valence-corrected chi connectivity index (χ4v) is 4.00. The number of para-hydroxylation sites is 1. The van der Waals surface area contributed by atoms with Crippen LogP contribution in [0.15, 0.2) is 48.4 Å². The number of hydrogen-bond donors (Lipinski definition) is 3. The van der Waals surface area contributed by atoms with Gasteiger partial charge in [0.2, 0.25) is 5.91 Å². The van der Waals surface area contributed by atoms with Crippen LogP contribution in [0.4, 0.5) is 0 Å².